The number of hydrogen-bond acceptors (Lipinski definition) is 6. The minimum atomic E-state index is -3.71. The summed E-state index contributed by atoms with van der Waals surface area (Å²) < 4.78 is 36.1. The van der Waals surface area contributed by atoms with E-state index in [1.807, 2.05) is 0 Å². The van der Waals surface area contributed by atoms with Crippen LogP contribution in [-0.2, 0) is 30.7 Å². The summed E-state index contributed by atoms with van der Waals surface area (Å²) >= 11 is 0. The molecule has 0 bridgehead atoms. The molecule has 1 aromatic carbocycles. The Hall–Kier alpha value is -1.64. The van der Waals surface area contributed by atoms with Crippen LogP contribution in [0.25, 0.3) is 0 Å². The van der Waals surface area contributed by atoms with Crippen LogP contribution < -0.4 is 0 Å². The van der Waals surface area contributed by atoms with Gasteiger partial charge in [0.05, 0.1) is 24.2 Å². The highest BCUT2D eigenvalue weighted by Crippen LogP contribution is 2.24. The zero-order valence-corrected chi connectivity index (χ0v) is 14.0. The number of esters is 1. The van der Waals surface area contributed by atoms with Crippen molar-refractivity contribution in [3.05, 3.63) is 23.8 Å². The summed E-state index contributed by atoms with van der Waals surface area (Å²) in [6.07, 6.45) is 0.364. The van der Waals surface area contributed by atoms with E-state index in [4.69, 9.17) is 9.47 Å². The lowest BCUT2D eigenvalue weighted by Gasteiger charge is -2.17. The Balaban J connectivity index is 2.13. The summed E-state index contributed by atoms with van der Waals surface area (Å²) in [4.78, 5) is 11.4. The number of sulfonamides is 1. The summed E-state index contributed by atoms with van der Waals surface area (Å²) in [5.41, 5.74) is 0.563. The number of likely N-dealkylation sites (N-methyl/N-ethyl adjacent to an activating group) is 1. The molecule has 7 nitrogen and oxygen atoms in total. The first-order chi connectivity index (χ1) is 10.8. The highest BCUT2D eigenvalue weighted by Gasteiger charge is 2.30. The third kappa shape index (κ3) is 4.92. The maximum atomic E-state index is 12.5. The molecule has 1 heterocycles. The van der Waals surface area contributed by atoms with Gasteiger partial charge in [-0.1, -0.05) is 0 Å². The lowest BCUT2D eigenvalue weighted by molar-refractivity contribution is -0.143. The lowest BCUT2D eigenvalue weighted by atomic mass is 10.1. The van der Waals surface area contributed by atoms with Gasteiger partial charge in [0, 0.05) is 20.0 Å². The molecule has 128 valence electrons. The Labute approximate surface area is 135 Å². The van der Waals surface area contributed by atoms with Crippen LogP contribution in [0.2, 0.25) is 0 Å². The molecule has 0 aliphatic carbocycles. The number of carbonyl (C=O) groups excluding carboxylic acids is 1. The van der Waals surface area contributed by atoms with Gasteiger partial charge in [0.25, 0.3) is 0 Å². The number of phenols is 1. The minimum absolute atomic E-state index is 0.000455. The van der Waals surface area contributed by atoms with Crippen LogP contribution >= 0.6 is 0 Å². The molecule has 23 heavy (non-hydrogen) atoms. The molecular formula is C15H21NO6S. The minimum Gasteiger partial charge on any atom is -0.508 e. The van der Waals surface area contributed by atoms with E-state index in [0.29, 0.717) is 25.2 Å². The first-order valence-corrected chi connectivity index (χ1v) is 8.83. The second-order valence-corrected chi connectivity index (χ2v) is 7.43. The summed E-state index contributed by atoms with van der Waals surface area (Å²) in [5, 5.41) is 9.78. The van der Waals surface area contributed by atoms with Crippen molar-refractivity contribution in [3.8, 4) is 5.75 Å². The van der Waals surface area contributed by atoms with E-state index < -0.39 is 10.0 Å². The predicted molar refractivity (Wildman–Crippen MR) is 82.6 cm³/mol. The molecule has 1 aliphatic rings. The van der Waals surface area contributed by atoms with Gasteiger partial charge in [-0.15, -0.1) is 0 Å². The van der Waals surface area contributed by atoms with Gasteiger partial charge in [0.15, 0.2) is 0 Å². The average molecular weight is 343 g/mol. The molecule has 1 fully saturated rings. The fraction of sp³-hybridized carbons (Fsp3) is 0.533. The molecule has 0 unspecified atom stereocenters. The van der Waals surface area contributed by atoms with E-state index in [2.05, 4.69) is 0 Å². The van der Waals surface area contributed by atoms with Crippen molar-refractivity contribution in [2.24, 2.45) is 0 Å². The quantitative estimate of drug-likeness (QED) is 0.557. The summed E-state index contributed by atoms with van der Waals surface area (Å²) in [6.45, 7) is 2.85. The normalized spacial score (nSPS) is 17.3. The van der Waals surface area contributed by atoms with Gasteiger partial charge in [-0.25, -0.2) is 8.42 Å². The third-order valence-corrected chi connectivity index (χ3v) is 5.25. The maximum Gasteiger partial charge on any atom is 0.306 e. The Bertz CT molecular complexity index is 669. The van der Waals surface area contributed by atoms with Gasteiger partial charge in [-0.05, 0) is 37.1 Å². The van der Waals surface area contributed by atoms with Crippen molar-refractivity contribution in [1.29, 1.82) is 0 Å². The number of epoxide rings is 1. The molecule has 0 aromatic heterocycles. The Morgan fingerprint density at radius 2 is 2.13 bits per heavy atom. The van der Waals surface area contributed by atoms with Gasteiger partial charge < -0.3 is 14.6 Å². The number of phenolic OH excluding ortho intramolecular Hbond substituents is 1. The van der Waals surface area contributed by atoms with Gasteiger partial charge in [0.2, 0.25) is 10.0 Å². The second kappa shape index (κ2) is 7.29. The number of carbonyl (C=O) groups is 1. The van der Waals surface area contributed by atoms with Crippen molar-refractivity contribution in [3.63, 3.8) is 0 Å². The molecule has 8 heteroatoms. The maximum absolute atomic E-state index is 12.5. The fourth-order valence-electron chi connectivity index (χ4n) is 2.15. The zero-order chi connectivity index (χ0) is 17.0. The molecule has 0 spiro atoms. The van der Waals surface area contributed by atoms with Crippen LogP contribution in [0, 0.1) is 0 Å². The number of aryl methyl sites for hydroxylation is 1. The number of benzene rings is 1. The lowest BCUT2D eigenvalue weighted by Crippen LogP contribution is -2.30. The van der Waals surface area contributed by atoms with E-state index in [0.717, 1.165) is 0 Å². The van der Waals surface area contributed by atoms with Crippen molar-refractivity contribution in [2.45, 2.75) is 30.8 Å². The van der Waals surface area contributed by atoms with Gasteiger partial charge in [-0.3, -0.25) is 4.79 Å². The van der Waals surface area contributed by atoms with E-state index in [9.17, 15) is 18.3 Å². The Morgan fingerprint density at radius 3 is 2.74 bits per heavy atom. The fourth-order valence-corrected chi connectivity index (χ4v) is 3.45. The predicted octanol–water partition coefficient (Wildman–Crippen LogP) is 0.907. The molecule has 0 saturated carbocycles. The van der Waals surface area contributed by atoms with Crippen molar-refractivity contribution in [1.82, 2.24) is 4.31 Å². The summed E-state index contributed by atoms with van der Waals surface area (Å²) in [7, 11) is -2.24. The molecule has 0 amide bonds. The van der Waals surface area contributed by atoms with E-state index in [1.54, 1.807) is 6.92 Å². The van der Waals surface area contributed by atoms with Gasteiger partial charge in [-0.2, -0.15) is 4.31 Å². The number of aromatic hydroxyl groups is 1. The molecule has 1 N–H and O–H groups in total. The van der Waals surface area contributed by atoms with Crippen LogP contribution in [0.4, 0.5) is 0 Å². The largest absolute Gasteiger partial charge is 0.508 e. The smallest absolute Gasteiger partial charge is 0.306 e. The highest BCUT2D eigenvalue weighted by molar-refractivity contribution is 7.89. The molecular weight excluding hydrogens is 322 g/mol. The molecule has 2 rings (SSSR count). The SMILES string of the molecule is CCOC(=O)CCc1cc(O)cc(S(=O)(=O)N(C)C[C@H]2CO2)c1. The van der Waals surface area contributed by atoms with Crippen LogP contribution in [-0.4, -0.2) is 56.7 Å². The average Bonchev–Trinajstić information content (AvgIpc) is 3.29. The Morgan fingerprint density at radius 1 is 1.43 bits per heavy atom. The first-order valence-electron chi connectivity index (χ1n) is 7.39. The second-order valence-electron chi connectivity index (χ2n) is 5.38. The first kappa shape index (κ1) is 17.7. The Kier molecular flexibility index (Phi) is 5.61. The van der Waals surface area contributed by atoms with Crippen LogP contribution in [0.5, 0.6) is 5.75 Å². The van der Waals surface area contributed by atoms with Gasteiger partial charge >= 0.3 is 5.97 Å². The van der Waals surface area contributed by atoms with Crippen LogP contribution in [0.3, 0.4) is 0 Å². The number of rotatable bonds is 8. The summed E-state index contributed by atoms with van der Waals surface area (Å²) in [5.74, 6) is -0.510. The standard InChI is InChI=1S/C15H21NO6S/c1-3-21-15(18)5-4-11-6-12(17)8-14(7-11)23(19,20)16(2)9-13-10-22-13/h6-8,13,17H,3-5,9-10H2,1-2H3/t13-/m0/s1. The van der Waals surface area contributed by atoms with E-state index >= 15 is 0 Å². The molecule has 1 saturated heterocycles. The molecule has 1 atom stereocenters. The van der Waals surface area contributed by atoms with Crippen LogP contribution in [0.1, 0.15) is 18.9 Å². The molecule has 1 aromatic rings. The molecule has 1 aliphatic heterocycles. The number of hydrogen-bond donors (Lipinski definition) is 1. The third-order valence-electron chi connectivity index (χ3n) is 3.45. The van der Waals surface area contributed by atoms with Crippen molar-refractivity contribution >= 4 is 16.0 Å². The van der Waals surface area contributed by atoms with E-state index in [1.165, 1.54) is 29.6 Å². The van der Waals surface area contributed by atoms with Crippen LogP contribution in [0.15, 0.2) is 23.1 Å². The zero-order valence-electron chi connectivity index (χ0n) is 13.2. The van der Waals surface area contributed by atoms with E-state index in [-0.39, 0.29) is 35.7 Å². The monoisotopic (exact) mass is 343 g/mol. The van der Waals surface area contributed by atoms with Crippen molar-refractivity contribution < 1.29 is 27.8 Å². The topological polar surface area (TPSA) is 96.4 Å². The molecule has 0 radical (unpaired) electrons. The van der Waals surface area contributed by atoms with Gasteiger partial charge in [0.1, 0.15) is 5.75 Å². The number of nitrogens with zero attached hydrogens (tertiary/aromatic N) is 1. The number of ether oxygens (including phenoxy) is 2. The summed E-state index contributed by atoms with van der Waals surface area (Å²) in [6, 6.07) is 4.12. The highest BCUT2D eigenvalue weighted by atomic mass is 32.2. The van der Waals surface area contributed by atoms with Crippen molar-refractivity contribution in [2.75, 3.05) is 26.8 Å².